The number of aliphatic carboxylic acids is 1. The Kier molecular flexibility index (Phi) is 4.70. The fraction of sp³-hybridized carbons (Fsp3) is 0.238. The molecule has 6 heteroatoms. The maximum absolute atomic E-state index is 13.2. The SMILES string of the molecule is O=C(O)COc1cc2c(c(Cl)c1Cl)C(=O)C1=C2CCC[C@H]1c1ccccc1. The molecule has 0 unspecified atom stereocenters. The minimum Gasteiger partial charge on any atom is -0.480 e. The van der Waals surface area contributed by atoms with Gasteiger partial charge in [-0.2, -0.15) is 0 Å². The van der Waals surface area contributed by atoms with Gasteiger partial charge in [-0.1, -0.05) is 53.5 Å². The van der Waals surface area contributed by atoms with E-state index in [-0.39, 0.29) is 27.5 Å². The highest BCUT2D eigenvalue weighted by Crippen LogP contribution is 2.52. The quantitative estimate of drug-likeness (QED) is 0.745. The van der Waals surface area contributed by atoms with E-state index in [1.54, 1.807) is 6.07 Å². The lowest BCUT2D eigenvalue weighted by Crippen LogP contribution is -2.13. The fourth-order valence-corrected chi connectivity index (χ4v) is 4.49. The van der Waals surface area contributed by atoms with Gasteiger partial charge in [0.05, 0.1) is 10.6 Å². The van der Waals surface area contributed by atoms with Gasteiger partial charge in [-0.25, -0.2) is 4.79 Å². The number of carbonyl (C=O) groups excluding carboxylic acids is 1. The zero-order valence-corrected chi connectivity index (χ0v) is 15.8. The number of carboxylic acid groups (broad SMARTS) is 1. The lowest BCUT2D eigenvalue weighted by atomic mass is 9.79. The average molecular weight is 403 g/mol. The molecule has 0 spiro atoms. The van der Waals surface area contributed by atoms with E-state index in [2.05, 4.69) is 0 Å². The van der Waals surface area contributed by atoms with Gasteiger partial charge in [-0.3, -0.25) is 4.79 Å². The number of benzene rings is 2. The van der Waals surface area contributed by atoms with E-state index in [1.807, 2.05) is 30.3 Å². The van der Waals surface area contributed by atoms with Crippen molar-refractivity contribution in [1.29, 1.82) is 0 Å². The lowest BCUT2D eigenvalue weighted by molar-refractivity contribution is -0.139. The first kappa shape index (κ1) is 18.1. The molecule has 0 fully saturated rings. The van der Waals surface area contributed by atoms with Crippen LogP contribution >= 0.6 is 23.2 Å². The van der Waals surface area contributed by atoms with E-state index < -0.39 is 12.6 Å². The van der Waals surface area contributed by atoms with Crippen molar-refractivity contribution in [3.05, 3.63) is 68.7 Å². The zero-order chi connectivity index (χ0) is 19.1. The Morgan fingerprint density at radius 1 is 1.19 bits per heavy atom. The molecule has 0 aliphatic heterocycles. The first-order valence-electron chi connectivity index (χ1n) is 8.68. The minimum absolute atomic E-state index is 0.0214. The summed E-state index contributed by atoms with van der Waals surface area (Å²) < 4.78 is 5.28. The Hall–Kier alpha value is -2.30. The Labute approximate surface area is 166 Å². The minimum atomic E-state index is -1.11. The number of hydrogen-bond donors (Lipinski definition) is 1. The van der Waals surface area contributed by atoms with E-state index in [1.165, 1.54) is 0 Å². The highest BCUT2D eigenvalue weighted by atomic mass is 35.5. The third-order valence-electron chi connectivity index (χ3n) is 5.12. The standard InChI is InChI=1S/C21H16Cl2O4/c22-19-15(27-10-16(24)25)9-14-13-8-4-7-12(11-5-2-1-3-6-11)17(13)21(26)18(14)20(19)23/h1-3,5-6,9,12H,4,7-8,10H2,(H,24,25)/t12-/m0/s1. The van der Waals surface area contributed by atoms with Gasteiger partial charge in [0, 0.05) is 11.5 Å². The number of rotatable bonds is 4. The van der Waals surface area contributed by atoms with Crippen molar-refractivity contribution in [2.75, 3.05) is 6.61 Å². The second-order valence-electron chi connectivity index (χ2n) is 6.68. The summed E-state index contributed by atoms with van der Waals surface area (Å²) in [6.07, 6.45) is 2.63. The monoisotopic (exact) mass is 402 g/mol. The Morgan fingerprint density at radius 2 is 1.93 bits per heavy atom. The van der Waals surface area contributed by atoms with E-state index in [9.17, 15) is 9.59 Å². The van der Waals surface area contributed by atoms with Gasteiger partial charge in [0.15, 0.2) is 12.4 Å². The van der Waals surface area contributed by atoms with Crippen LogP contribution in [0.15, 0.2) is 42.0 Å². The van der Waals surface area contributed by atoms with E-state index >= 15 is 0 Å². The maximum Gasteiger partial charge on any atom is 0.341 e. The number of allylic oxidation sites excluding steroid dienone is 2. The number of fused-ring (bicyclic) bond motifs is 2. The summed E-state index contributed by atoms with van der Waals surface area (Å²) >= 11 is 12.7. The number of hydrogen-bond acceptors (Lipinski definition) is 3. The van der Waals surface area contributed by atoms with E-state index in [4.69, 9.17) is 33.0 Å². The molecule has 0 radical (unpaired) electrons. The molecule has 0 saturated carbocycles. The summed E-state index contributed by atoms with van der Waals surface area (Å²) in [5.41, 5.74) is 3.96. The Balaban J connectivity index is 1.83. The molecule has 4 rings (SSSR count). The van der Waals surface area contributed by atoms with Crippen LogP contribution in [-0.4, -0.2) is 23.5 Å². The summed E-state index contributed by atoms with van der Waals surface area (Å²) in [6, 6.07) is 11.6. The number of carboxylic acids is 1. The summed E-state index contributed by atoms with van der Waals surface area (Å²) in [6.45, 7) is -0.526. The Morgan fingerprint density at radius 3 is 2.63 bits per heavy atom. The summed E-state index contributed by atoms with van der Waals surface area (Å²) in [4.78, 5) is 24.0. The summed E-state index contributed by atoms with van der Waals surface area (Å²) in [5.74, 6) is -0.995. The number of halogens is 2. The zero-order valence-electron chi connectivity index (χ0n) is 14.3. The molecule has 0 aromatic heterocycles. The number of ether oxygens (including phenoxy) is 1. The van der Waals surface area contributed by atoms with Crippen LogP contribution in [0.25, 0.3) is 5.57 Å². The molecule has 27 heavy (non-hydrogen) atoms. The smallest absolute Gasteiger partial charge is 0.341 e. The summed E-state index contributed by atoms with van der Waals surface area (Å²) in [7, 11) is 0. The first-order valence-corrected chi connectivity index (χ1v) is 9.44. The van der Waals surface area contributed by atoms with Crippen molar-refractivity contribution in [2.24, 2.45) is 0 Å². The van der Waals surface area contributed by atoms with Crippen LogP contribution < -0.4 is 4.74 Å². The number of ketones is 1. The Bertz CT molecular complexity index is 979. The topological polar surface area (TPSA) is 63.6 Å². The average Bonchev–Trinajstić information content (AvgIpc) is 2.96. The van der Waals surface area contributed by atoms with Crippen molar-refractivity contribution < 1.29 is 19.4 Å². The van der Waals surface area contributed by atoms with E-state index in [0.717, 1.165) is 36.0 Å². The van der Waals surface area contributed by atoms with Crippen LogP contribution in [-0.2, 0) is 4.79 Å². The molecule has 0 bridgehead atoms. The molecule has 138 valence electrons. The van der Waals surface area contributed by atoms with Crippen molar-refractivity contribution >= 4 is 40.5 Å². The molecule has 0 amide bonds. The predicted octanol–water partition coefficient (Wildman–Crippen LogP) is 5.37. The predicted molar refractivity (Wildman–Crippen MR) is 104 cm³/mol. The van der Waals surface area contributed by atoms with Gasteiger partial charge >= 0.3 is 5.97 Å². The summed E-state index contributed by atoms with van der Waals surface area (Å²) in [5, 5.41) is 9.05. The largest absolute Gasteiger partial charge is 0.480 e. The lowest BCUT2D eigenvalue weighted by Gasteiger charge is -2.24. The van der Waals surface area contributed by atoms with Crippen LogP contribution in [0.1, 0.15) is 46.7 Å². The van der Waals surface area contributed by atoms with Crippen LogP contribution in [0.2, 0.25) is 10.0 Å². The third-order valence-corrected chi connectivity index (χ3v) is 5.97. The van der Waals surface area contributed by atoms with Crippen molar-refractivity contribution in [3.63, 3.8) is 0 Å². The van der Waals surface area contributed by atoms with Crippen molar-refractivity contribution in [1.82, 2.24) is 0 Å². The fourth-order valence-electron chi connectivity index (χ4n) is 4.01. The molecular formula is C21H16Cl2O4. The molecule has 2 aromatic carbocycles. The van der Waals surface area contributed by atoms with Crippen LogP contribution in [0, 0.1) is 0 Å². The van der Waals surface area contributed by atoms with Gasteiger partial charge in [0.1, 0.15) is 10.8 Å². The second kappa shape index (κ2) is 7.02. The van der Waals surface area contributed by atoms with Crippen molar-refractivity contribution in [2.45, 2.75) is 25.2 Å². The van der Waals surface area contributed by atoms with Gasteiger partial charge in [0.25, 0.3) is 0 Å². The van der Waals surface area contributed by atoms with Crippen LogP contribution in [0.3, 0.4) is 0 Å². The first-order chi connectivity index (χ1) is 13.0. The van der Waals surface area contributed by atoms with Gasteiger partial charge in [0.2, 0.25) is 0 Å². The second-order valence-corrected chi connectivity index (χ2v) is 7.44. The molecule has 2 aliphatic rings. The molecule has 1 atom stereocenters. The highest BCUT2D eigenvalue weighted by Gasteiger charge is 2.39. The molecular weight excluding hydrogens is 387 g/mol. The van der Waals surface area contributed by atoms with Crippen LogP contribution in [0.4, 0.5) is 0 Å². The van der Waals surface area contributed by atoms with Gasteiger partial charge in [-0.05, 0) is 42.0 Å². The normalized spacial score (nSPS) is 18.3. The van der Waals surface area contributed by atoms with E-state index in [0.29, 0.717) is 11.1 Å². The molecule has 4 nitrogen and oxygen atoms in total. The molecule has 1 N–H and O–H groups in total. The molecule has 0 heterocycles. The van der Waals surface area contributed by atoms with Crippen molar-refractivity contribution in [3.8, 4) is 5.75 Å². The van der Waals surface area contributed by atoms with Gasteiger partial charge < -0.3 is 9.84 Å². The van der Waals surface area contributed by atoms with Crippen LogP contribution in [0.5, 0.6) is 5.75 Å². The third kappa shape index (κ3) is 3.03. The number of Topliss-reactive ketones (excluding diaryl/α,β-unsaturated/α-hetero) is 1. The number of carbonyl (C=O) groups is 2. The van der Waals surface area contributed by atoms with Gasteiger partial charge in [-0.15, -0.1) is 0 Å². The maximum atomic E-state index is 13.2. The highest BCUT2D eigenvalue weighted by molar-refractivity contribution is 6.46. The molecule has 0 saturated heterocycles. The molecule has 2 aromatic rings. The molecule has 2 aliphatic carbocycles.